The van der Waals surface area contributed by atoms with Gasteiger partial charge >= 0.3 is 0 Å². The summed E-state index contributed by atoms with van der Waals surface area (Å²) in [5.41, 5.74) is 5.17. The number of hydrogen-bond acceptors (Lipinski definition) is 2. The number of nitrogens with one attached hydrogen (secondary N) is 1. The Morgan fingerprint density at radius 3 is 2.45 bits per heavy atom. The normalized spacial score (nSPS) is 12.3. The highest BCUT2D eigenvalue weighted by Gasteiger charge is 2.13. The van der Waals surface area contributed by atoms with Crippen LogP contribution in [0.5, 0.6) is 0 Å². The van der Waals surface area contributed by atoms with E-state index in [-0.39, 0.29) is 6.04 Å². The molecule has 0 saturated carbocycles. The summed E-state index contributed by atoms with van der Waals surface area (Å²) < 4.78 is 0. The number of benzene rings is 2. The Morgan fingerprint density at radius 2 is 1.80 bits per heavy atom. The minimum absolute atomic E-state index is 0.0449. The molecule has 0 aliphatic heterocycles. The standard InChI is InChI=1S/C16H18Cl2N2/c17-13-9-10-14(15(18)11-13)16(20-19)8-4-7-12-5-2-1-3-6-12/h1-3,5-6,9-11,16,20H,4,7-8,19H2. The van der Waals surface area contributed by atoms with Crippen LogP contribution in [0.3, 0.4) is 0 Å². The van der Waals surface area contributed by atoms with Gasteiger partial charge in [-0.3, -0.25) is 11.3 Å². The van der Waals surface area contributed by atoms with Crippen LogP contribution in [0.1, 0.15) is 30.0 Å². The number of hydrogen-bond donors (Lipinski definition) is 2. The minimum atomic E-state index is 0.0449. The smallest absolute Gasteiger partial charge is 0.0474 e. The van der Waals surface area contributed by atoms with E-state index in [0.717, 1.165) is 24.8 Å². The Labute approximate surface area is 129 Å². The zero-order valence-corrected chi connectivity index (χ0v) is 12.7. The van der Waals surface area contributed by atoms with E-state index in [2.05, 4.69) is 29.7 Å². The highest BCUT2D eigenvalue weighted by atomic mass is 35.5. The van der Waals surface area contributed by atoms with E-state index in [4.69, 9.17) is 29.0 Å². The van der Waals surface area contributed by atoms with Crippen LogP contribution in [-0.2, 0) is 6.42 Å². The van der Waals surface area contributed by atoms with Crippen LogP contribution >= 0.6 is 23.2 Å². The zero-order chi connectivity index (χ0) is 14.4. The first-order chi connectivity index (χ1) is 9.70. The number of nitrogens with two attached hydrogens (primary N) is 1. The predicted octanol–water partition coefficient (Wildman–Crippen LogP) is 4.52. The Balaban J connectivity index is 1.95. The third kappa shape index (κ3) is 4.22. The monoisotopic (exact) mass is 308 g/mol. The molecule has 0 aliphatic rings. The van der Waals surface area contributed by atoms with Crippen molar-refractivity contribution in [1.29, 1.82) is 0 Å². The molecule has 0 aromatic heterocycles. The molecule has 0 radical (unpaired) electrons. The van der Waals surface area contributed by atoms with Crippen molar-refractivity contribution in [1.82, 2.24) is 5.43 Å². The fraction of sp³-hybridized carbons (Fsp3) is 0.250. The van der Waals surface area contributed by atoms with Crippen molar-refractivity contribution in [2.75, 3.05) is 0 Å². The Kier molecular flexibility index (Phi) is 5.86. The first-order valence-corrected chi connectivity index (χ1v) is 7.41. The molecule has 2 rings (SSSR count). The van der Waals surface area contributed by atoms with Gasteiger partial charge in [0.1, 0.15) is 0 Å². The van der Waals surface area contributed by atoms with E-state index < -0.39 is 0 Å². The molecule has 106 valence electrons. The van der Waals surface area contributed by atoms with Crippen LogP contribution < -0.4 is 11.3 Å². The van der Waals surface area contributed by atoms with Crippen molar-refractivity contribution in [2.24, 2.45) is 5.84 Å². The summed E-state index contributed by atoms with van der Waals surface area (Å²) in [7, 11) is 0. The lowest BCUT2D eigenvalue weighted by Crippen LogP contribution is -2.28. The molecule has 0 fully saturated rings. The number of aryl methyl sites for hydroxylation is 1. The third-order valence-corrected chi connectivity index (χ3v) is 3.90. The summed E-state index contributed by atoms with van der Waals surface area (Å²) in [5.74, 6) is 5.65. The largest absolute Gasteiger partial charge is 0.271 e. The highest BCUT2D eigenvalue weighted by molar-refractivity contribution is 6.35. The number of hydrazine groups is 1. The van der Waals surface area contributed by atoms with Gasteiger partial charge in [-0.05, 0) is 42.5 Å². The highest BCUT2D eigenvalue weighted by Crippen LogP contribution is 2.28. The van der Waals surface area contributed by atoms with E-state index in [0.29, 0.717) is 10.0 Å². The molecule has 4 heteroatoms. The lowest BCUT2D eigenvalue weighted by atomic mass is 9.99. The van der Waals surface area contributed by atoms with Gasteiger partial charge in [0.25, 0.3) is 0 Å². The maximum atomic E-state index is 6.22. The fourth-order valence-corrected chi connectivity index (χ4v) is 2.81. The average Bonchev–Trinajstić information content (AvgIpc) is 2.46. The molecule has 0 bridgehead atoms. The Bertz CT molecular complexity index is 543. The van der Waals surface area contributed by atoms with Gasteiger partial charge in [-0.15, -0.1) is 0 Å². The van der Waals surface area contributed by atoms with Crippen molar-refractivity contribution in [2.45, 2.75) is 25.3 Å². The van der Waals surface area contributed by atoms with Crippen LogP contribution in [0.15, 0.2) is 48.5 Å². The molecule has 2 aromatic rings. The summed E-state index contributed by atoms with van der Waals surface area (Å²) in [5, 5.41) is 1.29. The van der Waals surface area contributed by atoms with Crippen molar-refractivity contribution in [3.63, 3.8) is 0 Å². The first kappa shape index (κ1) is 15.3. The van der Waals surface area contributed by atoms with Gasteiger partial charge in [0.05, 0.1) is 0 Å². The van der Waals surface area contributed by atoms with Crippen molar-refractivity contribution in [3.8, 4) is 0 Å². The summed E-state index contributed by atoms with van der Waals surface area (Å²) in [4.78, 5) is 0. The molecule has 0 spiro atoms. The lowest BCUT2D eigenvalue weighted by molar-refractivity contribution is 0.499. The molecule has 1 atom stereocenters. The van der Waals surface area contributed by atoms with Crippen LogP contribution in [0.25, 0.3) is 0 Å². The molecular formula is C16H18Cl2N2. The van der Waals surface area contributed by atoms with Gasteiger partial charge in [-0.2, -0.15) is 0 Å². The second kappa shape index (κ2) is 7.65. The van der Waals surface area contributed by atoms with E-state index in [1.807, 2.05) is 18.2 Å². The predicted molar refractivity (Wildman–Crippen MR) is 85.9 cm³/mol. The summed E-state index contributed by atoms with van der Waals surface area (Å²) >= 11 is 12.1. The van der Waals surface area contributed by atoms with Crippen LogP contribution in [0.4, 0.5) is 0 Å². The third-order valence-electron chi connectivity index (χ3n) is 3.34. The topological polar surface area (TPSA) is 38.0 Å². The average molecular weight is 309 g/mol. The molecule has 1 unspecified atom stereocenters. The molecule has 3 N–H and O–H groups in total. The quantitative estimate of drug-likeness (QED) is 0.608. The van der Waals surface area contributed by atoms with Crippen LogP contribution in [-0.4, -0.2) is 0 Å². The molecule has 0 amide bonds. The molecular weight excluding hydrogens is 291 g/mol. The lowest BCUT2D eigenvalue weighted by Gasteiger charge is -2.17. The van der Waals surface area contributed by atoms with E-state index in [1.54, 1.807) is 6.07 Å². The maximum absolute atomic E-state index is 6.22. The second-order valence-electron chi connectivity index (χ2n) is 4.76. The van der Waals surface area contributed by atoms with E-state index in [9.17, 15) is 0 Å². The molecule has 20 heavy (non-hydrogen) atoms. The summed E-state index contributed by atoms with van der Waals surface area (Å²) in [6, 6.07) is 16.0. The van der Waals surface area contributed by atoms with Gasteiger partial charge < -0.3 is 0 Å². The van der Waals surface area contributed by atoms with E-state index >= 15 is 0 Å². The van der Waals surface area contributed by atoms with Gasteiger partial charge in [0.2, 0.25) is 0 Å². The molecule has 0 saturated heterocycles. The van der Waals surface area contributed by atoms with Crippen molar-refractivity contribution >= 4 is 23.2 Å². The van der Waals surface area contributed by atoms with Gasteiger partial charge in [0.15, 0.2) is 0 Å². The molecule has 0 heterocycles. The Morgan fingerprint density at radius 1 is 1.05 bits per heavy atom. The molecule has 2 aromatic carbocycles. The number of halogens is 2. The van der Waals surface area contributed by atoms with Gasteiger partial charge in [-0.1, -0.05) is 59.6 Å². The van der Waals surface area contributed by atoms with E-state index in [1.165, 1.54) is 5.56 Å². The minimum Gasteiger partial charge on any atom is -0.271 e. The van der Waals surface area contributed by atoms with Crippen molar-refractivity contribution in [3.05, 3.63) is 69.7 Å². The van der Waals surface area contributed by atoms with Crippen LogP contribution in [0.2, 0.25) is 10.0 Å². The number of rotatable bonds is 6. The zero-order valence-electron chi connectivity index (χ0n) is 11.2. The van der Waals surface area contributed by atoms with Crippen molar-refractivity contribution < 1.29 is 0 Å². The fourth-order valence-electron chi connectivity index (χ4n) is 2.27. The van der Waals surface area contributed by atoms with Crippen LogP contribution in [0, 0.1) is 0 Å². The second-order valence-corrected chi connectivity index (χ2v) is 5.61. The molecule has 0 aliphatic carbocycles. The SMILES string of the molecule is NNC(CCCc1ccccc1)c1ccc(Cl)cc1Cl. The van der Waals surface area contributed by atoms with Gasteiger partial charge in [-0.25, -0.2) is 0 Å². The first-order valence-electron chi connectivity index (χ1n) is 6.65. The van der Waals surface area contributed by atoms with Gasteiger partial charge in [0, 0.05) is 16.1 Å². The summed E-state index contributed by atoms with van der Waals surface area (Å²) in [6.45, 7) is 0. The summed E-state index contributed by atoms with van der Waals surface area (Å²) in [6.07, 6.45) is 2.99. The maximum Gasteiger partial charge on any atom is 0.0474 e. The Hall–Kier alpha value is -1.06. The molecule has 2 nitrogen and oxygen atoms in total.